The third kappa shape index (κ3) is 4.79. The van der Waals surface area contributed by atoms with Crippen LogP contribution in [0.15, 0.2) is 78.2 Å². The first-order valence-corrected chi connectivity index (χ1v) is 12.2. The minimum atomic E-state index is 0.120. The highest BCUT2D eigenvalue weighted by molar-refractivity contribution is 7.98. The molecule has 166 valence electrons. The van der Waals surface area contributed by atoms with E-state index in [1.807, 2.05) is 70.1 Å². The van der Waals surface area contributed by atoms with Crippen LogP contribution in [0.3, 0.4) is 0 Å². The smallest absolute Gasteiger partial charge is 0.253 e. The molecule has 8 heteroatoms. The summed E-state index contributed by atoms with van der Waals surface area (Å²) in [6.07, 6.45) is 5.67. The summed E-state index contributed by atoms with van der Waals surface area (Å²) in [5.41, 5.74) is 3.68. The second kappa shape index (κ2) is 9.77. The van der Waals surface area contributed by atoms with Crippen molar-refractivity contribution in [2.45, 2.75) is 23.8 Å². The maximum absolute atomic E-state index is 12.6. The number of carbonyl (C=O) groups is 1. The van der Waals surface area contributed by atoms with Crippen LogP contribution in [0, 0.1) is 0 Å². The van der Waals surface area contributed by atoms with E-state index in [0.29, 0.717) is 10.8 Å². The molecule has 4 aromatic rings. The first kappa shape index (κ1) is 21.7. The van der Waals surface area contributed by atoms with Crippen LogP contribution in [-0.4, -0.2) is 43.6 Å². The van der Waals surface area contributed by atoms with Crippen LogP contribution < -0.4 is 0 Å². The van der Waals surface area contributed by atoms with Gasteiger partial charge in [-0.2, -0.15) is 0 Å². The van der Waals surface area contributed by atoms with Crippen LogP contribution in [0.5, 0.6) is 0 Å². The number of likely N-dealkylation sites (tertiary alicyclic amines) is 1. The van der Waals surface area contributed by atoms with E-state index in [1.165, 1.54) is 0 Å². The first-order valence-electron chi connectivity index (χ1n) is 10.8. The van der Waals surface area contributed by atoms with E-state index in [2.05, 4.69) is 15.2 Å². The Kier molecular flexibility index (Phi) is 6.41. The summed E-state index contributed by atoms with van der Waals surface area (Å²) in [6, 6.07) is 19.3. The Balaban J connectivity index is 1.38. The Morgan fingerprint density at radius 3 is 2.45 bits per heavy atom. The third-order valence-corrected chi connectivity index (χ3v) is 6.84. The van der Waals surface area contributed by atoms with E-state index in [0.717, 1.165) is 59.3 Å². The second-order valence-corrected chi connectivity index (χ2v) is 9.22. The number of benzene rings is 2. The molecular weight excluding hydrogens is 454 g/mol. The maximum atomic E-state index is 12.6. The highest BCUT2D eigenvalue weighted by Crippen LogP contribution is 2.30. The molecule has 0 radical (unpaired) electrons. The monoisotopic (exact) mass is 475 g/mol. The molecule has 0 N–H and O–H groups in total. The Morgan fingerprint density at radius 2 is 1.73 bits per heavy atom. The Morgan fingerprint density at radius 1 is 0.970 bits per heavy atom. The molecule has 0 unspecified atom stereocenters. The quantitative estimate of drug-likeness (QED) is 0.344. The molecule has 1 amide bonds. The fourth-order valence-electron chi connectivity index (χ4n) is 3.89. The summed E-state index contributed by atoms with van der Waals surface area (Å²) >= 11 is 7.86. The molecule has 1 aliphatic heterocycles. The molecule has 5 rings (SSSR count). The number of amides is 1. The topological polar surface area (TPSA) is 63.9 Å². The van der Waals surface area contributed by atoms with Gasteiger partial charge in [-0.15, -0.1) is 10.2 Å². The van der Waals surface area contributed by atoms with Crippen molar-refractivity contribution in [3.63, 3.8) is 0 Å². The van der Waals surface area contributed by atoms with E-state index in [9.17, 15) is 4.79 Å². The van der Waals surface area contributed by atoms with Gasteiger partial charge >= 0.3 is 0 Å². The molecule has 0 aliphatic carbocycles. The van der Waals surface area contributed by atoms with Crippen molar-refractivity contribution < 1.29 is 4.79 Å². The molecule has 1 aliphatic rings. The van der Waals surface area contributed by atoms with Crippen LogP contribution in [0.25, 0.3) is 17.1 Å². The summed E-state index contributed by atoms with van der Waals surface area (Å²) in [4.78, 5) is 18.6. The molecular formula is C25H22ClN5OS. The second-order valence-electron chi connectivity index (χ2n) is 7.84. The molecule has 1 saturated heterocycles. The van der Waals surface area contributed by atoms with E-state index in [1.54, 1.807) is 24.2 Å². The Labute approximate surface area is 201 Å². The molecule has 33 heavy (non-hydrogen) atoms. The van der Waals surface area contributed by atoms with E-state index >= 15 is 0 Å². The van der Waals surface area contributed by atoms with Gasteiger partial charge in [0.15, 0.2) is 11.0 Å². The van der Waals surface area contributed by atoms with Gasteiger partial charge in [-0.25, -0.2) is 0 Å². The van der Waals surface area contributed by atoms with Gasteiger partial charge in [-0.3, -0.25) is 14.3 Å². The number of thioether (sulfide) groups is 1. The SMILES string of the molecule is O=C(c1ccc(CSc2nnc(-c3ccncc3)n2-c2cccc(Cl)c2)cc1)N1CCCC1. The van der Waals surface area contributed by atoms with Crippen LogP contribution in [-0.2, 0) is 5.75 Å². The summed E-state index contributed by atoms with van der Waals surface area (Å²) < 4.78 is 2.01. The van der Waals surface area contributed by atoms with Crippen molar-refractivity contribution in [3.8, 4) is 17.1 Å². The van der Waals surface area contributed by atoms with Gasteiger partial charge < -0.3 is 4.90 Å². The van der Waals surface area contributed by atoms with Crippen molar-refractivity contribution in [2.75, 3.05) is 13.1 Å². The zero-order valence-electron chi connectivity index (χ0n) is 17.9. The molecule has 0 bridgehead atoms. The number of aromatic nitrogens is 4. The lowest BCUT2D eigenvalue weighted by Crippen LogP contribution is -2.27. The first-order chi connectivity index (χ1) is 16.2. The van der Waals surface area contributed by atoms with Crippen LogP contribution in [0.1, 0.15) is 28.8 Å². The van der Waals surface area contributed by atoms with Gasteiger partial charge in [-0.05, 0) is 60.9 Å². The number of rotatable bonds is 6. The minimum Gasteiger partial charge on any atom is -0.339 e. The van der Waals surface area contributed by atoms with Gasteiger partial charge in [0, 0.05) is 47.4 Å². The Hall–Kier alpha value is -3.16. The number of hydrogen-bond donors (Lipinski definition) is 0. The fraction of sp³-hybridized carbons (Fsp3) is 0.200. The van der Waals surface area contributed by atoms with Crippen molar-refractivity contribution in [3.05, 3.63) is 89.2 Å². The van der Waals surface area contributed by atoms with Crippen molar-refractivity contribution in [1.82, 2.24) is 24.6 Å². The molecule has 2 aromatic heterocycles. The molecule has 0 saturated carbocycles. The number of carbonyl (C=O) groups excluding carboxylic acids is 1. The number of halogens is 1. The van der Waals surface area contributed by atoms with Gasteiger partial charge in [-0.1, -0.05) is 41.6 Å². The normalized spacial score (nSPS) is 13.4. The molecule has 0 atom stereocenters. The molecule has 3 heterocycles. The van der Waals surface area contributed by atoms with Crippen LogP contribution >= 0.6 is 23.4 Å². The lowest BCUT2D eigenvalue weighted by atomic mass is 10.1. The van der Waals surface area contributed by atoms with E-state index in [4.69, 9.17) is 11.6 Å². The number of nitrogens with zero attached hydrogens (tertiary/aromatic N) is 5. The summed E-state index contributed by atoms with van der Waals surface area (Å²) in [6.45, 7) is 1.71. The zero-order valence-corrected chi connectivity index (χ0v) is 19.5. The van der Waals surface area contributed by atoms with E-state index in [-0.39, 0.29) is 5.91 Å². The standard InChI is InChI=1S/C25H22ClN5OS/c26-21-4-3-5-22(16-21)31-23(19-10-12-27-13-11-19)28-29-25(31)33-17-18-6-8-20(9-7-18)24(32)30-14-1-2-15-30/h3-13,16H,1-2,14-15,17H2. The predicted octanol–water partition coefficient (Wildman–Crippen LogP) is 5.51. The average molecular weight is 476 g/mol. The average Bonchev–Trinajstić information content (AvgIpc) is 3.54. The molecule has 2 aromatic carbocycles. The largest absolute Gasteiger partial charge is 0.339 e. The lowest BCUT2D eigenvalue weighted by molar-refractivity contribution is 0.0793. The van der Waals surface area contributed by atoms with Gasteiger partial charge in [0.05, 0.1) is 5.69 Å². The van der Waals surface area contributed by atoms with Crippen molar-refractivity contribution in [1.29, 1.82) is 0 Å². The van der Waals surface area contributed by atoms with Crippen LogP contribution in [0.4, 0.5) is 0 Å². The molecule has 6 nitrogen and oxygen atoms in total. The predicted molar refractivity (Wildman–Crippen MR) is 131 cm³/mol. The van der Waals surface area contributed by atoms with Gasteiger partial charge in [0.1, 0.15) is 0 Å². The highest BCUT2D eigenvalue weighted by atomic mass is 35.5. The van der Waals surface area contributed by atoms with Crippen molar-refractivity contribution >= 4 is 29.3 Å². The highest BCUT2D eigenvalue weighted by Gasteiger charge is 2.20. The summed E-state index contributed by atoms with van der Waals surface area (Å²) in [5.74, 6) is 1.55. The zero-order chi connectivity index (χ0) is 22.6. The maximum Gasteiger partial charge on any atom is 0.253 e. The van der Waals surface area contributed by atoms with Crippen LogP contribution in [0.2, 0.25) is 5.02 Å². The van der Waals surface area contributed by atoms with E-state index < -0.39 is 0 Å². The minimum absolute atomic E-state index is 0.120. The van der Waals surface area contributed by atoms with Gasteiger partial charge in [0.2, 0.25) is 0 Å². The Bertz CT molecular complexity index is 1250. The fourth-order valence-corrected chi connectivity index (χ4v) is 4.99. The molecule has 1 fully saturated rings. The third-order valence-electron chi connectivity index (χ3n) is 5.60. The number of hydrogen-bond acceptors (Lipinski definition) is 5. The molecule has 0 spiro atoms. The van der Waals surface area contributed by atoms with Gasteiger partial charge in [0.25, 0.3) is 5.91 Å². The number of pyridine rings is 1. The van der Waals surface area contributed by atoms with Crippen molar-refractivity contribution in [2.24, 2.45) is 0 Å². The summed E-state index contributed by atoms with van der Waals surface area (Å²) in [5, 5.41) is 10.3. The summed E-state index contributed by atoms with van der Waals surface area (Å²) in [7, 11) is 0. The lowest BCUT2D eigenvalue weighted by Gasteiger charge is -2.15.